The molecule has 41 heavy (non-hydrogen) atoms. The van der Waals surface area contributed by atoms with Crippen LogP contribution in [0.2, 0.25) is 0 Å². The number of unbranched alkanes of at least 4 members (excludes halogenated alkanes) is 3. The average Bonchev–Trinajstić information content (AvgIpc) is 3.62. The number of morpholine rings is 1. The number of aliphatic hydroxyl groups excluding tert-OH is 1. The molecule has 2 unspecified atom stereocenters. The molecule has 226 valence electrons. The van der Waals surface area contributed by atoms with Gasteiger partial charge in [0.15, 0.2) is 0 Å². The number of fused-ring (bicyclic) bond motifs is 1. The van der Waals surface area contributed by atoms with Gasteiger partial charge in [-0.2, -0.15) is 0 Å². The van der Waals surface area contributed by atoms with Crippen molar-refractivity contribution in [1.82, 2.24) is 15.1 Å². The fourth-order valence-corrected chi connectivity index (χ4v) is 9.25. The van der Waals surface area contributed by atoms with E-state index in [0.717, 1.165) is 63.9 Å². The number of nitrogens with one attached hydrogen (secondary N) is 2. The molecule has 3 amide bonds. The van der Waals surface area contributed by atoms with Gasteiger partial charge in [-0.15, -0.1) is 11.8 Å². The Bertz CT molecular complexity index is 1070. The molecule has 4 aliphatic rings. The number of aliphatic hydroxyl groups is 1. The lowest BCUT2D eigenvalue weighted by molar-refractivity contribution is -0.139. The number of amides is 3. The second-order valence-corrected chi connectivity index (χ2v) is 13.0. The van der Waals surface area contributed by atoms with Gasteiger partial charge < -0.3 is 30.1 Å². The summed E-state index contributed by atoms with van der Waals surface area (Å²) in [5, 5.41) is 15.3. The second-order valence-electron chi connectivity index (χ2n) is 11.4. The molecule has 3 N–H and O–H groups in total. The van der Waals surface area contributed by atoms with Crippen LogP contribution in [0.1, 0.15) is 45.4 Å². The molecule has 0 saturated carbocycles. The standard InChI is InChI=1S/C30H44N4O6S/c1-2-40-22-9-7-21(8-10-22)32-27(36)24-23-11-12-30(41-23)25(24)29(38)34(14-5-3-4-6-18-35)26(30)28(37)31-13-15-33-16-19-39-20-17-33/h7-10,23-26,35H,2-6,11-20H2,1H3,(H,31,37)(H,32,36)/t23-,24+,25-,26?,30?/m0/s1. The molecule has 5 rings (SSSR count). The molecule has 0 radical (unpaired) electrons. The predicted octanol–water partition coefficient (Wildman–Crippen LogP) is 2.12. The lowest BCUT2D eigenvalue weighted by Crippen LogP contribution is -2.54. The van der Waals surface area contributed by atoms with E-state index in [0.29, 0.717) is 38.6 Å². The number of carbonyl (C=O) groups excluding carboxylic acids is 3. The largest absolute Gasteiger partial charge is 0.494 e. The van der Waals surface area contributed by atoms with Crippen molar-refractivity contribution in [1.29, 1.82) is 0 Å². The third-order valence-electron chi connectivity index (χ3n) is 8.92. The number of thioether (sulfide) groups is 1. The number of nitrogens with zero attached hydrogens (tertiary/aromatic N) is 2. The second kappa shape index (κ2) is 13.8. The van der Waals surface area contributed by atoms with Gasteiger partial charge in [0, 0.05) is 50.3 Å². The average molecular weight is 589 g/mol. The van der Waals surface area contributed by atoms with Crippen LogP contribution in [0.4, 0.5) is 5.69 Å². The minimum atomic E-state index is -0.587. The molecule has 4 heterocycles. The predicted molar refractivity (Wildman–Crippen MR) is 158 cm³/mol. The van der Waals surface area contributed by atoms with Crippen LogP contribution in [0, 0.1) is 11.8 Å². The fraction of sp³-hybridized carbons (Fsp3) is 0.700. The van der Waals surface area contributed by atoms with Crippen LogP contribution >= 0.6 is 11.8 Å². The van der Waals surface area contributed by atoms with E-state index in [-0.39, 0.29) is 29.6 Å². The maximum absolute atomic E-state index is 14.1. The topological polar surface area (TPSA) is 120 Å². The summed E-state index contributed by atoms with van der Waals surface area (Å²) in [6, 6.07) is 6.71. The van der Waals surface area contributed by atoms with Crippen molar-refractivity contribution in [3.63, 3.8) is 0 Å². The molecule has 1 spiro atoms. The van der Waals surface area contributed by atoms with E-state index in [1.54, 1.807) is 16.7 Å². The van der Waals surface area contributed by atoms with Gasteiger partial charge in [-0.3, -0.25) is 19.3 Å². The fourth-order valence-electron chi connectivity index (χ4n) is 7.03. The quantitative estimate of drug-likeness (QED) is 0.283. The Hall–Kier alpha value is -2.34. The minimum absolute atomic E-state index is 0.0157. The third-order valence-corrected chi connectivity index (χ3v) is 10.9. The first kappa shape index (κ1) is 30.1. The summed E-state index contributed by atoms with van der Waals surface area (Å²) >= 11 is 1.69. The highest BCUT2D eigenvalue weighted by Gasteiger charge is 2.73. The molecular weight excluding hydrogens is 544 g/mol. The van der Waals surface area contributed by atoms with Gasteiger partial charge in [0.1, 0.15) is 11.8 Å². The number of ether oxygens (including phenoxy) is 2. The van der Waals surface area contributed by atoms with Crippen LogP contribution in [-0.2, 0) is 19.1 Å². The molecule has 2 bridgehead atoms. The number of carbonyl (C=O) groups is 3. The number of hydrogen-bond acceptors (Lipinski definition) is 8. The van der Waals surface area contributed by atoms with E-state index < -0.39 is 22.6 Å². The Labute approximate surface area is 246 Å². The Morgan fingerprint density at radius 2 is 1.85 bits per heavy atom. The molecule has 4 saturated heterocycles. The van der Waals surface area contributed by atoms with Crippen LogP contribution in [0.3, 0.4) is 0 Å². The summed E-state index contributed by atoms with van der Waals surface area (Å²) < 4.78 is 10.4. The molecule has 1 aromatic carbocycles. The lowest BCUT2D eigenvalue weighted by atomic mass is 9.70. The van der Waals surface area contributed by atoms with Gasteiger partial charge in [-0.1, -0.05) is 12.8 Å². The van der Waals surface area contributed by atoms with Crippen molar-refractivity contribution in [3.8, 4) is 5.75 Å². The molecular formula is C30H44N4O6S. The normalized spacial score (nSPS) is 29.0. The van der Waals surface area contributed by atoms with Gasteiger partial charge in [-0.05, 0) is 56.9 Å². The minimum Gasteiger partial charge on any atom is -0.494 e. The molecule has 10 nitrogen and oxygen atoms in total. The van der Waals surface area contributed by atoms with E-state index >= 15 is 0 Å². The highest BCUT2D eigenvalue weighted by molar-refractivity contribution is 8.02. The monoisotopic (exact) mass is 588 g/mol. The number of anilines is 1. The molecule has 1 aromatic rings. The van der Waals surface area contributed by atoms with Crippen molar-refractivity contribution in [2.24, 2.45) is 11.8 Å². The summed E-state index contributed by atoms with van der Waals surface area (Å²) in [5.74, 6) is -0.574. The molecule has 0 aliphatic carbocycles. The summed E-state index contributed by atoms with van der Waals surface area (Å²) in [5.41, 5.74) is 0.670. The zero-order valence-corrected chi connectivity index (χ0v) is 24.8. The lowest BCUT2D eigenvalue weighted by Gasteiger charge is -2.34. The van der Waals surface area contributed by atoms with E-state index in [1.165, 1.54) is 0 Å². The van der Waals surface area contributed by atoms with Gasteiger partial charge in [-0.25, -0.2) is 0 Å². The van der Waals surface area contributed by atoms with Crippen LogP contribution in [-0.4, -0.2) is 108 Å². The summed E-state index contributed by atoms with van der Waals surface area (Å²) in [7, 11) is 0. The Morgan fingerprint density at radius 1 is 1.10 bits per heavy atom. The van der Waals surface area contributed by atoms with Crippen molar-refractivity contribution in [2.45, 2.75) is 61.5 Å². The molecule has 5 atom stereocenters. The first-order valence-electron chi connectivity index (χ1n) is 15.2. The summed E-state index contributed by atoms with van der Waals surface area (Å²) in [6.45, 7) is 7.52. The Kier molecular flexibility index (Phi) is 10.1. The first-order chi connectivity index (χ1) is 20.0. The first-order valence-corrected chi connectivity index (χ1v) is 16.1. The van der Waals surface area contributed by atoms with E-state index in [9.17, 15) is 14.4 Å². The molecule has 11 heteroatoms. The highest BCUT2D eigenvalue weighted by Crippen LogP contribution is 2.66. The Balaban J connectivity index is 1.30. The number of rotatable bonds is 14. The number of hydrogen-bond donors (Lipinski definition) is 3. The van der Waals surface area contributed by atoms with Crippen LogP contribution in [0.25, 0.3) is 0 Å². The van der Waals surface area contributed by atoms with Crippen molar-refractivity contribution >= 4 is 35.2 Å². The Morgan fingerprint density at radius 3 is 2.59 bits per heavy atom. The van der Waals surface area contributed by atoms with Crippen LogP contribution in [0.5, 0.6) is 5.75 Å². The highest BCUT2D eigenvalue weighted by atomic mass is 32.2. The van der Waals surface area contributed by atoms with E-state index in [1.807, 2.05) is 31.2 Å². The summed E-state index contributed by atoms with van der Waals surface area (Å²) in [6.07, 6.45) is 4.84. The van der Waals surface area contributed by atoms with E-state index in [4.69, 9.17) is 14.6 Å². The SMILES string of the molecule is CCOc1ccc(NC(=O)[C@@H]2[C@@H]3CCC4(S3)C(C(=O)NCCN3CCOCC3)N(CCCCCCO)C(=O)[C@H]24)cc1. The van der Waals surface area contributed by atoms with Crippen LogP contribution < -0.4 is 15.4 Å². The maximum atomic E-state index is 14.1. The number of benzene rings is 1. The van der Waals surface area contributed by atoms with Crippen molar-refractivity contribution < 1.29 is 29.0 Å². The molecule has 0 aromatic heterocycles. The van der Waals surface area contributed by atoms with E-state index in [2.05, 4.69) is 15.5 Å². The van der Waals surface area contributed by atoms with Gasteiger partial charge in [0.05, 0.1) is 36.4 Å². The number of likely N-dealkylation sites (tertiary alicyclic amines) is 1. The van der Waals surface area contributed by atoms with Gasteiger partial charge in [0.2, 0.25) is 17.7 Å². The van der Waals surface area contributed by atoms with Crippen LogP contribution in [0.15, 0.2) is 24.3 Å². The molecule has 4 fully saturated rings. The maximum Gasteiger partial charge on any atom is 0.244 e. The zero-order valence-electron chi connectivity index (χ0n) is 24.0. The zero-order chi connectivity index (χ0) is 28.8. The molecule has 4 aliphatic heterocycles. The van der Waals surface area contributed by atoms with Crippen molar-refractivity contribution in [2.75, 3.05) is 64.5 Å². The smallest absolute Gasteiger partial charge is 0.244 e. The third kappa shape index (κ3) is 6.38. The summed E-state index contributed by atoms with van der Waals surface area (Å²) in [4.78, 5) is 45.7. The van der Waals surface area contributed by atoms with Gasteiger partial charge in [0.25, 0.3) is 0 Å². The van der Waals surface area contributed by atoms with Crippen molar-refractivity contribution in [3.05, 3.63) is 24.3 Å². The van der Waals surface area contributed by atoms with Gasteiger partial charge >= 0.3 is 0 Å².